The van der Waals surface area contributed by atoms with Crippen molar-refractivity contribution in [2.24, 2.45) is 7.05 Å². The van der Waals surface area contributed by atoms with E-state index in [1.165, 1.54) is 0 Å². The lowest BCUT2D eigenvalue weighted by Gasteiger charge is -2.33. The van der Waals surface area contributed by atoms with Crippen LogP contribution in [0.1, 0.15) is 34.6 Å². The van der Waals surface area contributed by atoms with E-state index in [1.54, 1.807) is 30.3 Å². The number of piperidine rings is 1. The Morgan fingerprint density at radius 2 is 2.00 bits per heavy atom. The SMILES string of the molecule is Cc1cnc(C)c(N2CCC(NC(=O)c3cnn(C)c3)CC2)n1. The zero-order chi connectivity index (χ0) is 16.4. The van der Waals surface area contributed by atoms with Crippen LogP contribution in [-0.2, 0) is 7.05 Å². The maximum Gasteiger partial charge on any atom is 0.254 e. The molecule has 7 heteroatoms. The molecule has 1 fully saturated rings. The van der Waals surface area contributed by atoms with Crippen LogP contribution in [0.2, 0.25) is 0 Å². The molecule has 1 amide bonds. The van der Waals surface area contributed by atoms with E-state index in [-0.39, 0.29) is 11.9 Å². The molecule has 1 saturated heterocycles. The number of aromatic nitrogens is 4. The fourth-order valence-electron chi connectivity index (χ4n) is 2.87. The Morgan fingerprint density at radius 1 is 1.26 bits per heavy atom. The van der Waals surface area contributed by atoms with Gasteiger partial charge >= 0.3 is 0 Å². The van der Waals surface area contributed by atoms with E-state index in [0.29, 0.717) is 5.56 Å². The summed E-state index contributed by atoms with van der Waals surface area (Å²) in [7, 11) is 1.81. The van der Waals surface area contributed by atoms with Gasteiger partial charge in [0.05, 0.1) is 23.1 Å². The molecule has 0 aliphatic carbocycles. The highest BCUT2D eigenvalue weighted by atomic mass is 16.1. The average Bonchev–Trinajstić information content (AvgIpc) is 2.97. The van der Waals surface area contributed by atoms with Crippen molar-refractivity contribution in [1.82, 2.24) is 25.1 Å². The van der Waals surface area contributed by atoms with Crippen LogP contribution in [0.5, 0.6) is 0 Å². The molecule has 23 heavy (non-hydrogen) atoms. The summed E-state index contributed by atoms with van der Waals surface area (Å²) in [5.41, 5.74) is 2.49. The van der Waals surface area contributed by atoms with Gasteiger partial charge in [0, 0.05) is 38.6 Å². The van der Waals surface area contributed by atoms with Gasteiger partial charge in [0.2, 0.25) is 0 Å². The number of nitrogens with zero attached hydrogens (tertiary/aromatic N) is 5. The lowest BCUT2D eigenvalue weighted by Crippen LogP contribution is -2.45. The molecule has 0 bridgehead atoms. The standard InChI is InChI=1S/C16H22N6O/c1-11-8-17-12(2)15(19-11)22-6-4-14(5-7-22)20-16(23)13-9-18-21(3)10-13/h8-10,14H,4-7H2,1-3H3,(H,20,23). The Morgan fingerprint density at radius 3 is 2.65 bits per heavy atom. The third-order valence-corrected chi connectivity index (χ3v) is 4.15. The van der Waals surface area contributed by atoms with Crippen LogP contribution < -0.4 is 10.2 Å². The second-order valence-corrected chi connectivity index (χ2v) is 6.06. The summed E-state index contributed by atoms with van der Waals surface area (Å²) in [6, 6.07) is 0.192. The average molecular weight is 314 g/mol. The van der Waals surface area contributed by atoms with Crippen LogP contribution in [0, 0.1) is 13.8 Å². The first-order valence-corrected chi connectivity index (χ1v) is 7.87. The van der Waals surface area contributed by atoms with Gasteiger partial charge in [-0.05, 0) is 26.7 Å². The molecule has 1 aliphatic heterocycles. The van der Waals surface area contributed by atoms with Gasteiger partial charge in [0.1, 0.15) is 5.82 Å². The Balaban J connectivity index is 1.58. The van der Waals surface area contributed by atoms with Gasteiger partial charge in [0.25, 0.3) is 5.91 Å². The van der Waals surface area contributed by atoms with E-state index in [1.807, 2.05) is 13.8 Å². The maximum absolute atomic E-state index is 12.2. The number of amides is 1. The Labute approximate surface area is 135 Å². The molecule has 1 N–H and O–H groups in total. The van der Waals surface area contributed by atoms with Gasteiger partial charge in [-0.2, -0.15) is 5.10 Å². The molecule has 7 nitrogen and oxygen atoms in total. The van der Waals surface area contributed by atoms with E-state index in [4.69, 9.17) is 0 Å². The first-order valence-electron chi connectivity index (χ1n) is 7.87. The number of nitrogens with one attached hydrogen (secondary N) is 1. The highest BCUT2D eigenvalue weighted by Crippen LogP contribution is 2.20. The molecule has 0 aromatic carbocycles. The number of aryl methyl sites for hydroxylation is 3. The van der Waals surface area contributed by atoms with E-state index in [0.717, 1.165) is 43.1 Å². The van der Waals surface area contributed by atoms with E-state index < -0.39 is 0 Å². The maximum atomic E-state index is 12.2. The fraction of sp³-hybridized carbons (Fsp3) is 0.500. The van der Waals surface area contributed by atoms with Gasteiger partial charge in [-0.25, -0.2) is 4.98 Å². The van der Waals surface area contributed by atoms with Crippen LogP contribution >= 0.6 is 0 Å². The van der Waals surface area contributed by atoms with Crippen molar-refractivity contribution in [2.75, 3.05) is 18.0 Å². The van der Waals surface area contributed by atoms with Crippen molar-refractivity contribution in [3.05, 3.63) is 35.5 Å². The van der Waals surface area contributed by atoms with Gasteiger partial charge in [0.15, 0.2) is 0 Å². The van der Waals surface area contributed by atoms with Crippen molar-refractivity contribution < 1.29 is 4.79 Å². The van der Waals surface area contributed by atoms with Crippen molar-refractivity contribution in [3.63, 3.8) is 0 Å². The Hall–Kier alpha value is -2.44. The highest BCUT2D eigenvalue weighted by molar-refractivity contribution is 5.93. The first-order chi connectivity index (χ1) is 11.0. The Kier molecular flexibility index (Phi) is 4.27. The predicted octanol–water partition coefficient (Wildman–Crippen LogP) is 1.23. The molecule has 0 spiro atoms. The Bertz CT molecular complexity index is 702. The number of rotatable bonds is 3. The summed E-state index contributed by atoms with van der Waals surface area (Å²) in [4.78, 5) is 23.4. The summed E-state index contributed by atoms with van der Waals surface area (Å²) in [6.07, 6.45) is 6.92. The molecule has 3 rings (SSSR count). The minimum absolute atomic E-state index is 0.0527. The quantitative estimate of drug-likeness (QED) is 0.922. The van der Waals surface area contributed by atoms with Crippen LogP contribution in [0.25, 0.3) is 0 Å². The number of hydrogen-bond donors (Lipinski definition) is 1. The van der Waals surface area contributed by atoms with Crippen LogP contribution in [0.15, 0.2) is 18.6 Å². The van der Waals surface area contributed by atoms with Gasteiger partial charge in [-0.3, -0.25) is 14.5 Å². The molecule has 0 atom stereocenters. The molecular weight excluding hydrogens is 292 g/mol. The normalized spacial score (nSPS) is 15.7. The topological polar surface area (TPSA) is 75.9 Å². The van der Waals surface area contributed by atoms with Crippen molar-refractivity contribution in [1.29, 1.82) is 0 Å². The molecule has 3 heterocycles. The van der Waals surface area contributed by atoms with Crippen molar-refractivity contribution in [3.8, 4) is 0 Å². The van der Waals surface area contributed by atoms with Crippen LogP contribution in [-0.4, -0.2) is 44.8 Å². The molecule has 0 radical (unpaired) electrons. The van der Waals surface area contributed by atoms with Gasteiger partial charge in [-0.15, -0.1) is 0 Å². The van der Waals surface area contributed by atoms with Crippen molar-refractivity contribution >= 4 is 11.7 Å². The fourth-order valence-corrected chi connectivity index (χ4v) is 2.87. The zero-order valence-electron chi connectivity index (χ0n) is 13.8. The molecule has 122 valence electrons. The molecule has 0 saturated carbocycles. The lowest BCUT2D eigenvalue weighted by molar-refractivity contribution is 0.0931. The molecule has 2 aromatic rings. The minimum Gasteiger partial charge on any atom is -0.355 e. The molecule has 0 unspecified atom stereocenters. The third kappa shape index (κ3) is 3.49. The lowest BCUT2D eigenvalue weighted by atomic mass is 10.0. The van der Waals surface area contributed by atoms with Gasteiger partial charge < -0.3 is 10.2 Å². The number of carbonyl (C=O) groups is 1. The summed E-state index contributed by atoms with van der Waals surface area (Å²) >= 11 is 0. The van der Waals surface area contributed by atoms with Gasteiger partial charge in [-0.1, -0.05) is 0 Å². The van der Waals surface area contributed by atoms with E-state index in [9.17, 15) is 4.79 Å². The summed E-state index contributed by atoms with van der Waals surface area (Å²) in [5.74, 6) is 0.908. The zero-order valence-corrected chi connectivity index (χ0v) is 13.8. The van der Waals surface area contributed by atoms with Crippen molar-refractivity contribution in [2.45, 2.75) is 32.7 Å². The number of hydrogen-bond acceptors (Lipinski definition) is 5. The van der Waals surface area contributed by atoms with Crippen LogP contribution in [0.3, 0.4) is 0 Å². The molecule has 1 aliphatic rings. The smallest absolute Gasteiger partial charge is 0.254 e. The first kappa shape index (κ1) is 15.5. The highest BCUT2D eigenvalue weighted by Gasteiger charge is 2.23. The second kappa shape index (κ2) is 6.36. The monoisotopic (exact) mass is 314 g/mol. The predicted molar refractivity (Wildman–Crippen MR) is 87.4 cm³/mol. The largest absolute Gasteiger partial charge is 0.355 e. The summed E-state index contributed by atoms with van der Waals surface area (Å²) < 4.78 is 1.64. The van der Waals surface area contributed by atoms with Crippen LogP contribution in [0.4, 0.5) is 5.82 Å². The third-order valence-electron chi connectivity index (χ3n) is 4.15. The van der Waals surface area contributed by atoms with E-state index >= 15 is 0 Å². The number of carbonyl (C=O) groups excluding carboxylic acids is 1. The number of anilines is 1. The van der Waals surface area contributed by atoms with E-state index in [2.05, 4.69) is 25.3 Å². The molecule has 2 aromatic heterocycles. The summed E-state index contributed by atoms with van der Waals surface area (Å²) in [6.45, 7) is 5.68. The second-order valence-electron chi connectivity index (χ2n) is 6.06. The molecular formula is C16H22N6O. The summed E-state index contributed by atoms with van der Waals surface area (Å²) in [5, 5.41) is 7.12. The minimum atomic E-state index is -0.0527.